The summed E-state index contributed by atoms with van der Waals surface area (Å²) >= 11 is 1.75. The Morgan fingerprint density at radius 3 is 2.93 bits per heavy atom. The summed E-state index contributed by atoms with van der Waals surface area (Å²) in [4.78, 5) is 4.56. The average molecular weight is 211 g/mol. The third-order valence-corrected chi connectivity index (χ3v) is 3.54. The summed E-state index contributed by atoms with van der Waals surface area (Å²) in [7, 11) is 0. The van der Waals surface area contributed by atoms with Crippen LogP contribution in [-0.2, 0) is 4.74 Å². The monoisotopic (exact) mass is 211 g/mol. The first-order valence-electron chi connectivity index (χ1n) is 5.13. The molecule has 2 heterocycles. The molecule has 78 valence electrons. The molecule has 1 aromatic rings. The first-order chi connectivity index (χ1) is 6.57. The van der Waals surface area contributed by atoms with Gasteiger partial charge in [0.15, 0.2) is 0 Å². The van der Waals surface area contributed by atoms with Crippen molar-refractivity contribution in [2.45, 2.75) is 45.1 Å². The van der Waals surface area contributed by atoms with Crippen molar-refractivity contribution in [1.82, 2.24) is 4.98 Å². The van der Waals surface area contributed by atoms with Crippen LogP contribution < -0.4 is 0 Å². The topological polar surface area (TPSA) is 22.1 Å². The van der Waals surface area contributed by atoms with Crippen LogP contribution in [0.2, 0.25) is 0 Å². The maximum Gasteiger partial charge on any atom is 0.0897 e. The average Bonchev–Trinajstić information content (AvgIpc) is 2.50. The first-order valence-corrected chi connectivity index (χ1v) is 6.01. The molecule has 1 saturated heterocycles. The molecule has 0 bridgehead atoms. The molecule has 1 fully saturated rings. The lowest BCUT2D eigenvalue weighted by Crippen LogP contribution is -2.33. The summed E-state index contributed by atoms with van der Waals surface area (Å²) < 4.78 is 5.70. The van der Waals surface area contributed by atoms with Gasteiger partial charge in [-0.25, -0.2) is 4.98 Å². The lowest BCUT2D eigenvalue weighted by atomic mass is 9.87. The number of hydrogen-bond acceptors (Lipinski definition) is 3. The van der Waals surface area contributed by atoms with Gasteiger partial charge in [-0.15, -0.1) is 11.3 Å². The van der Waals surface area contributed by atoms with Crippen LogP contribution in [0.4, 0.5) is 0 Å². The van der Waals surface area contributed by atoms with E-state index < -0.39 is 0 Å². The van der Waals surface area contributed by atoms with E-state index in [0.717, 1.165) is 19.4 Å². The Labute approximate surface area is 89.3 Å². The fraction of sp³-hybridized carbons (Fsp3) is 0.727. The normalized spacial score (nSPS) is 26.4. The van der Waals surface area contributed by atoms with Gasteiger partial charge in [0.25, 0.3) is 0 Å². The van der Waals surface area contributed by atoms with Gasteiger partial charge in [0.05, 0.1) is 16.3 Å². The van der Waals surface area contributed by atoms with Crippen molar-refractivity contribution in [3.05, 3.63) is 16.1 Å². The predicted octanol–water partition coefficient (Wildman–Crippen LogP) is 3.12. The van der Waals surface area contributed by atoms with Crippen LogP contribution >= 0.6 is 11.3 Å². The van der Waals surface area contributed by atoms with Gasteiger partial charge < -0.3 is 4.74 Å². The van der Waals surface area contributed by atoms with Gasteiger partial charge in [-0.05, 0) is 33.6 Å². The predicted molar refractivity (Wildman–Crippen MR) is 58.9 cm³/mol. The zero-order chi connectivity index (χ0) is 10.2. The van der Waals surface area contributed by atoms with Crippen LogP contribution in [0.1, 0.15) is 43.3 Å². The second-order valence-corrected chi connectivity index (χ2v) is 5.65. The Bertz CT molecular complexity index is 319. The van der Waals surface area contributed by atoms with E-state index in [1.165, 1.54) is 10.7 Å². The smallest absolute Gasteiger partial charge is 0.0897 e. The van der Waals surface area contributed by atoms with Gasteiger partial charge in [0.1, 0.15) is 0 Å². The van der Waals surface area contributed by atoms with Gasteiger partial charge in [-0.2, -0.15) is 0 Å². The largest absolute Gasteiger partial charge is 0.376 e. The Hall–Kier alpha value is -0.410. The standard InChI is InChI=1S/C11H17NOS/c1-8-12-10(7-14-8)9-4-5-13-11(2,3)6-9/h7,9H,4-6H2,1-3H3. The number of thiazole rings is 1. The molecule has 1 atom stereocenters. The summed E-state index contributed by atoms with van der Waals surface area (Å²) in [5, 5.41) is 3.37. The Morgan fingerprint density at radius 1 is 1.57 bits per heavy atom. The molecule has 1 aliphatic rings. The Balaban J connectivity index is 2.12. The summed E-state index contributed by atoms with van der Waals surface area (Å²) in [6, 6.07) is 0. The van der Waals surface area contributed by atoms with E-state index in [0.29, 0.717) is 5.92 Å². The van der Waals surface area contributed by atoms with Crippen LogP contribution in [0.15, 0.2) is 5.38 Å². The number of rotatable bonds is 1. The quantitative estimate of drug-likeness (QED) is 0.712. The van der Waals surface area contributed by atoms with Gasteiger partial charge in [0, 0.05) is 17.9 Å². The fourth-order valence-corrected chi connectivity index (χ4v) is 2.75. The van der Waals surface area contributed by atoms with Crippen molar-refractivity contribution < 1.29 is 4.74 Å². The van der Waals surface area contributed by atoms with E-state index in [4.69, 9.17) is 4.74 Å². The minimum Gasteiger partial charge on any atom is -0.376 e. The fourth-order valence-electron chi connectivity index (χ4n) is 2.05. The maximum atomic E-state index is 5.70. The summed E-state index contributed by atoms with van der Waals surface area (Å²) in [6.07, 6.45) is 2.21. The molecule has 0 aliphatic carbocycles. The van der Waals surface area contributed by atoms with Crippen LogP contribution in [0.25, 0.3) is 0 Å². The lowest BCUT2D eigenvalue weighted by molar-refractivity contribution is -0.0597. The Kier molecular flexibility index (Phi) is 2.62. The highest BCUT2D eigenvalue weighted by Gasteiger charge is 2.30. The third-order valence-electron chi connectivity index (χ3n) is 2.75. The van der Waals surface area contributed by atoms with Gasteiger partial charge in [-0.3, -0.25) is 0 Å². The highest BCUT2D eigenvalue weighted by Crippen LogP contribution is 2.35. The second-order valence-electron chi connectivity index (χ2n) is 4.59. The summed E-state index contributed by atoms with van der Waals surface area (Å²) in [6.45, 7) is 7.27. The van der Waals surface area contributed by atoms with E-state index in [1.54, 1.807) is 11.3 Å². The molecule has 14 heavy (non-hydrogen) atoms. The molecular weight excluding hydrogens is 194 g/mol. The maximum absolute atomic E-state index is 5.70. The van der Waals surface area contributed by atoms with Crippen molar-refractivity contribution in [2.24, 2.45) is 0 Å². The van der Waals surface area contributed by atoms with Crippen molar-refractivity contribution in [3.8, 4) is 0 Å². The van der Waals surface area contributed by atoms with Crippen LogP contribution in [0.5, 0.6) is 0 Å². The number of aromatic nitrogens is 1. The van der Waals surface area contributed by atoms with Crippen LogP contribution in [0, 0.1) is 6.92 Å². The molecule has 3 heteroatoms. The number of nitrogens with zero attached hydrogens (tertiary/aromatic N) is 1. The number of hydrogen-bond donors (Lipinski definition) is 0. The zero-order valence-corrected chi connectivity index (χ0v) is 9.86. The molecular formula is C11H17NOS. The van der Waals surface area contributed by atoms with E-state index >= 15 is 0 Å². The highest BCUT2D eigenvalue weighted by atomic mass is 32.1. The molecule has 0 spiro atoms. The Morgan fingerprint density at radius 2 is 2.36 bits per heavy atom. The summed E-state index contributed by atoms with van der Waals surface area (Å²) in [5.41, 5.74) is 1.30. The molecule has 0 amide bonds. The molecule has 0 saturated carbocycles. The lowest BCUT2D eigenvalue weighted by Gasteiger charge is -2.34. The van der Waals surface area contributed by atoms with E-state index in [9.17, 15) is 0 Å². The van der Waals surface area contributed by atoms with Gasteiger partial charge in [0.2, 0.25) is 0 Å². The molecule has 1 aromatic heterocycles. The first kappa shape index (κ1) is 10.1. The number of ether oxygens (including phenoxy) is 1. The molecule has 0 radical (unpaired) electrons. The second kappa shape index (κ2) is 3.63. The highest BCUT2D eigenvalue weighted by molar-refractivity contribution is 7.09. The molecule has 0 N–H and O–H groups in total. The van der Waals surface area contributed by atoms with Crippen molar-refractivity contribution >= 4 is 11.3 Å². The van der Waals surface area contributed by atoms with Gasteiger partial charge >= 0.3 is 0 Å². The molecule has 1 unspecified atom stereocenters. The van der Waals surface area contributed by atoms with Crippen molar-refractivity contribution in [1.29, 1.82) is 0 Å². The summed E-state index contributed by atoms with van der Waals surface area (Å²) in [5.74, 6) is 0.601. The van der Waals surface area contributed by atoms with Crippen LogP contribution in [-0.4, -0.2) is 17.2 Å². The van der Waals surface area contributed by atoms with Crippen molar-refractivity contribution in [2.75, 3.05) is 6.61 Å². The molecule has 2 rings (SSSR count). The minimum atomic E-state index is 0.0282. The third kappa shape index (κ3) is 2.15. The van der Waals surface area contributed by atoms with Crippen molar-refractivity contribution in [3.63, 3.8) is 0 Å². The van der Waals surface area contributed by atoms with E-state index in [1.807, 2.05) is 0 Å². The van der Waals surface area contributed by atoms with E-state index in [2.05, 4.69) is 31.1 Å². The molecule has 2 nitrogen and oxygen atoms in total. The van der Waals surface area contributed by atoms with E-state index in [-0.39, 0.29) is 5.60 Å². The zero-order valence-electron chi connectivity index (χ0n) is 9.04. The SMILES string of the molecule is Cc1nc(C2CCOC(C)(C)C2)cs1. The molecule has 0 aromatic carbocycles. The van der Waals surface area contributed by atoms with Crippen LogP contribution in [0.3, 0.4) is 0 Å². The minimum absolute atomic E-state index is 0.0282. The number of aryl methyl sites for hydroxylation is 1. The van der Waals surface area contributed by atoms with Gasteiger partial charge in [-0.1, -0.05) is 0 Å². The molecule has 1 aliphatic heterocycles.